The predicted octanol–water partition coefficient (Wildman–Crippen LogP) is 1.89. The van der Waals surface area contributed by atoms with Crippen LogP contribution in [-0.4, -0.2) is 60.4 Å². The molecule has 28 heavy (non-hydrogen) atoms. The number of anilines is 1. The van der Waals surface area contributed by atoms with Gasteiger partial charge in [-0.25, -0.2) is 4.98 Å². The van der Waals surface area contributed by atoms with Gasteiger partial charge >= 0.3 is 0 Å². The molecule has 0 bridgehead atoms. The molecule has 3 aromatic rings. The molecule has 0 atom stereocenters. The molecule has 0 fully saturated rings. The van der Waals surface area contributed by atoms with E-state index in [1.165, 1.54) is 0 Å². The molecule has 2 amide bonds. The Morgan fingerprint density at radius 2 is 1.96 bits per heavy atom. The molecule has 0 unspecified atom stereocenters. The van der Waals surface area contributed by atoms with Crippen LogP contribution in [0.15, 0.2) is 48.7 Å². The fraction of sp³-hybridized carbons (Fsp3) is 0.250. The highest BCUT2D eigenvalue weighted by molar-refractivity contribution is 6.06. The number of imidazole rings is 1. The maximum atomic E-state index is 12.8. The molecule has 0 spiro atoms. The highest BCUT2D eigenvalue weighted by Gasteiger charge is 2.21. The summed E-state index contributed by atoms with van der Waals surface area (Å²) >= 11 is 0. The molecule has 8 heteroatoms. The van der Waals surface area contributed by atoms with Crippen molar-refractivity contribution >= 4 is 23.0 Å². The van der Waals surface area contributed by atoms with Crippen LogP contribution in [0.5, 0.6) is 5.75 Å². The Labute approximate surface area is 163 Å². The molecule has 0 aliphatic rings. The van der Waals surface area contributed by atoms with Crippen molar-refractivity contribution in [2.45, 2.75) is 0 Å². The number of fused-ring (bicyclic) bond motifs is 1. The smallest absolute Gasteiger partial charge is 0.292 e. The first-order valence-corrected chi connectivity index (χ1v) is 8.85. The first-order valence-electron chi connectivity index (χ1n) is 8.85. The summed E-state index contributed by atoms with van der Waals surface area (Å²) in [7, 11) is 5.42. The Kier molecular flexibility index (Phi) is 5.90. The third-order valence-corrected chi connectivity index (χ3v) is 4.14. The lowest BCUT2D eigenvalue weighted by Gasteiger charge is -2.09. The van der Waals surface area contributed by atoms with E-state index in [1.807, 2.05) is 19.0 Å². The quantitative estimate of drug-likeness (QED) is 0.653. The number of nitrogens with one attached hydrogen (secondary N) is 2. The molecule has 0 saturated heterocycles. The Morgan fingerprint density at radius 3 is 2.71 bits per heavy atom. The largest absolute Gasteiger partial charge is 0.497 e. The first kappa shape index (κ1) is 19.4. The van der Waals surface area contributed by atoms with Crippen LogP contribution in [0.3, 0.4) is 0 Å². The van der Waals surface area contributed by atoms with Crippen LogP contribution in [0.1, 0.15) is 21.1 Å². The van der Waals surface area contributed by atoms with E-state index in [0.29, 0.717) is 30.0 Å². The predicted molar refractivity (Wildman–Crippen MR) is 107 cm³/mol. The van der Waals surface area contributed by atoms with Crippen LogP contribution in [-0.2, 0) is 0 Å². The third-order valence-electron chi connectivity index (χ3n) is 4.14. The molecular formula is C20H23N5O3. The number of aromatic nitrogens is 2. The van der Waals surface area contributed by atoms with Crippen LogP contribution in [0, 0.1) is 0 Å². The lowest BCUT2D eigenvalue weighted by Crippen LogP contribution is -2.31. The van der Waals surface area contributed by atoms with E-state index in [0.717, 1.165) is 0 Å². The second-order valence-electron chi connectivity index (χ2n) is 6.49. The lowest BCUT2D eigenvalue weighted by atomic mass is 10.3. The maximum absolute atomic E-state index is 12.8. The van der Waals surface area contributed by atoms with Gasteiger partial charge in [-0.1, -0.05) is 12.1 Å². The van der Waals surface area contributed by atoms with Crippen LogP contribution < -0.4 is 15.4 Å². The van der Waals surface area contributed by atoms with Crippen molar-refractivity contribution < 1.29 is 14.3 Å². The summed E-state index contributed by atoms with van der Waals surface area (Å²) in [6.45, 7) is 1.20. The van der Waals surface area contributed by atoms with Crippen LogP contribution in [0.25, 0.3) is 5.52 Å². The number of nitrogens with zero attached hydrogens (tertiary/aromatic N) is 3. The second kappa shape index (κ2) is 8.53. The van der Waals surface area contributed by atoms with Crippen molar-refractivity contribution in [3.05, 3.63) is 60.2 Å². The molecule has 1 aromatic carbocycles. The standard InChI is InChI=1S/C20H23N5O3/c1-24(2)12-10-21-19(26)17-16-9-4-5-11-25(16)18(23-17)20(27)22-14-7-6-8-15(13-14)28-3/h4-9,11,13H,10,12H2,1-3H3,(H,21,26)(H,22,27). The Balaban J connectivity index is 1.86. The number of pyridine rings is 1. The van der Waals surface area contributed by atoms with Gasteiger partial charge in [0.25, 0.3) is 11.8 Å². The van der Waals surface area contributed by atoms with Gasteiger partial charge in [-0.3, -0.25) is 14.0 Å². The fourth-order valence-electron chi connectivity index (χ4n) is 2.73. The summed E-state index contributed by atoms with van der Waals surface area (Å²) in [6.07, 6.45) is 1.71. The van der Waals surface area contributed by atoms with Crippen LogP contribution in [0.4, 0.5) is 5.69 Å². The van der Waals surface area contributed by atoms with Crippen molar-refractivity contribution in [3.63, 3.8) is 0 Å². The van der Waals surface area contributed by atoms with Crippen LogP contribution in [0.2, 0.25) is 0 Å². The second-order valence-corrected chi connectivity index (χ2v) is 6.49. The van der Waals surface area contributed by atoms with Gasteiger partial charge in [0.15, 0.2) is 5.69 Å². The Bertz CT molecular complexity index is 996. The third kappa shape index (κ3) is 4.29. The minimum Gasteiger partial charge on any atom is -0.497 e. The highest BCUT2D eigenvalue weighted by Crippen LogP contribution is 2.19. The molecule has 8 nitrogen and oxygen atoms in total. The van der Waals surface area contributed by atoms with E-state index in [9.17, 15) is 9.59 Å². The van der Waals surface area contributed by atoms with E-state index in [4.69, 9.17) is 4.74 Å². The van der Waals surface area contributed by atoms with Crippen molar-refractivity contribution in [1.82, 2.24) is 19.6 Å². The number of ether oxygens (including phenoxy) is 1. The summed E-state index contributed by atoms with van der Waals surface area (Å²) < 4.78 is 6.78. The molecule has 0 aliphatic heterocycles. The van der Waals surface area contributed by atoms with E-state index < -0.39 is 5.91 Å². The first-order chi connectivity index (χ1) is 13.5. The summed E-state index contributed by atoms with van der Waals surface area (Å²) in [6, 6.07) is 12.4. The van der Waals surface area contributed by atoms with E-state index in [2.05, 4.69) is 15.6 Å². The number of rotatable bonds is 7. The molecule has 2 heterocycles. The van der Waals surface area contributed by atoms with Gasteiger partial charge < -0.3 is 20.3 Å². The number of hydrogen-bond donors (Lipinski definition) is 2. The average molecular weight is 381 g/mol. The van der Waals surface area contributed by atoms with Crippen molar-refractivity contribution in [2.75, 3.05) is 39.6 Å². The zero-order chi connectivity index (χ0) is 20.1. The molecule has 0 saturated carbocycles. The van der Waals surface area contributed by atoms with E-state index >= 15 is 0 Å². The molecule has 146 valence electrons. The maximum Gasteiger partial charge on any atom is 0.292 e. The molecule has 0 aliphatic carbocycles. The molecule has 2 aromatic heterocycles. The number of benzene rings is 1. The minimum absolute atomic E-state index is 0.135. The molecule has 0 radical (unpaired) electrons. The van der Waals surface area contributed by atoms with Gasteiger partial charge in [0, 0.05) is 31.0 Å². The van der Waals surface area contributed by atoms with Crippen molar-refractivity contribution in [3.8, 4) is 5.75 Å². The SMILES string of the molecule is COc1cccc(NC(=O)c2nc(C(=O)NCCN(C)C)c3ccccn23)c1. The molecule has 3 rings (SSSR count). The van der Waals surface area contributed by atoms with Gasteiger partial charge in [-0.05, 0) is 38.4 Å². The average Bonchev–Trinajstić information content (AvgIpc) is 3.08. The van der Waals surface area contributed by atoms with Gasteiger partial charge in [-0.2, -0.15) is 0 Å². The zero-order valence-corrected chi connectivity index (χ0v) is 16.1. The Morgan fingerprint density at radius 1 is 1.14 bits per heavy atom. The number of carbonyl (C=O) groups is 2. The topological polar surface area (TPSA) is 88.0 Å². The normalized spacial score (nSPS) is 10.9. The van der Waals surface area contributed by atoms with Gasteiger partial charge in [-0.15, -0.1) is 0 Å². The van der Waals surface area contributed by atoms with E-state index in [-0.39, 0.29) is 17.4 Å². The number of amides is 2. The molecular weight excluding hydrogens is 358 g/mol. The van der Waals surface area contributed by atoms with Gasteiger partial charge in [0.1, 0.15) is 5.75 Å². The summed E-state index contributed by atoms with van der Waals surface area (Å²) in [5.41, 5.74) is 1.37. The lowest BCUT2D eigenvalue weighted by molar-refractivity contribution is 0.0948. The summed E-state index contributed by atoms with van der Waals surface area (Å²) in [4.78, 5) is 31.6. The van der Waals surface area contributed by atoms with Crippen LogP contribution >= 0.6 is 0 Å². The highest BCUT2D eigenvalue weighted by atomic mass is 16.5. The number of carbonyl (C=O) groups excluding carboxylic acids is 2. The summed E-state index contributed by atoms with van der Waals surface area (Å²) in [5, 5.41) is 5.63. The zero-order valence-electron chi connectivity index (χ0n) is 16.1. The number of likely N-dealkylation sites (N-methyl/N-ethyl adjacent to an activating group) is 1. The van der Waals surface area contributed by atoms with Gasteiger partial charge in [0.2, 0.25) is 5.82 Å². The summed E-state index contributed by atoms with van der Waals surface area (Å²) in [5.74, 6) is 0.0377. The van der Waals surface area contributed by atoms with Crippen molar-refractivity contribution in [1.29, 1.82) is 0 Å². The van der Waals surface area contributed by atoms with E-state index in [1.54, 1.807) is 60.2 Å². The monoisotopic (exact) mass is 381 g/mol. The fourth-order valence-corrected chi connectivity index (χ4v) is 2.73. The molecule has 2 N–H and O–H groups in total. The van der Waals surface area contributed by atoms with Crippen molar-refractivity contribution in [2.24, 2.45) is 0 Å². The van der Waals surface area contributed by atoms with Gasteiger partial charge in [0.05, 0.1) is 12.6 Å². The minimum atomic E-state index is -0.415. The number of hydrogen-bond acceptors (Lipinski definition) is 5. The Hall–Kier alpha value is -3.39. The number of methoxy groups -OCH3 is 1.